The number of nitrogens with one attached hydrogen (secondary N) is 1. The fraction of sp³-hybridized carbons (Fsp3) is 0.562. The molecule has 1 aliphatic carbocycles. The van der Waals surface area contributed by atoms with E-state index in [4.69, 9.17) is 11.6 Å². The fourth-order valence-electron chi connectivity index (χ4n) is 3.03. The zero-order valence-electron chi connectivity index (χ0n) is 13.7. The molecule has 0 aromatic carbocycles. The maximum atomic E-state index is 12.6. The molecule has 8 heteroatoms. The van der Waals surface area contributed by atoms with Crippen LogP contribution in [-0.4, -0.2) is 46.3 Å². The van der Waals surface area contributed by atoms with Crippen molar-refractivity contribution >= 4 is 40.8 Å². The van der Waals surface area contributed by atoms with Gasteiger partial charge in [0.1, 0.15) is 12.1 Å². The molecule has 2 fully saturated rings. The Morgan fingerprint density at radius 2 is 2.17 bits per heavy atom. The Hall–Kier alpha value is -1.60. The average molecular weight is 370 g/mol. The third kappa shape index (κ3) is 3.15. The molecule has 0 radical (unpaired) electrons. The van der Waals surface area contributed by atoms with E-state index in [1.54, 1.807) is 17.9 Å². The molecule has 1 aromatic rings. The molecule has 1 saturated heterocycles. The van der Waals surface area contributed by atoms with Crippen molar-refractivity contribution in [2.45, 2.75) is 38.8 Å². The van der Waals surface area contributed by atoms with Gasteiger partial charge in [0.15, 0.2) is 0 Å². The van der Waals surface area contributed by atoms with Crippen LogP contribution in [0, 0.1) is 5.92 Å². The van der Waals surface area contributed by atoms with Gasteiger partial charge in [-0.1, -0.05) is 11.6 Å². The predicted octanol–water partition coefficient (Wildman–Crippen LogP) is 2.47. The van der Waals surface area contributed by atoms with Gasteiger partial charge in [-0.05, 0) is 44.7 Å². The molecular formula is C16H20ClN3O3S. The molecule has 1 aromatic heterocycles. The van der Waals surface area contributed by atoms with Crippen LogP contribution in [0.1, 0.15) is 31.6 Å². The number of rotatable bonds is 6. The van der Waals surface area contributed by atoms with E-state index in [0.29, 0.717) is 17.4 Å². The summed E-state index contributed by atoms with van der Waals surface area (Å²) in [6.07, 6.45) is 1.87. The normalized spacial score (nSPS) is 23.5. The quantitative estimate of drug-likeness (QED) is 0.783. The van der Waals surface area contributed by atoms with Crippen molar-refractivity contribution in [1.29, 1.82) is 0 Å². The van der Waals surface area contributed by atoms with Gasteiger partial charge >= 0.3 is 6.03 Å². The molecule has 4 amide bonds. The topological polar surface area (TPSA) is 69.7 Å². The molecule has 0 bridgehead atoms. The van der Waals surface area contributed by atoms with Gasteiger partial charge in [0, 0.05) is 11.4 Å². The lowest BCUT2D eigenvalue weighted by Crippen LogP contribution is -2.47. The van der Waals surface area contributed by atoms with Crippen LogP contribution in [-0.2, 0) is 16.1 Å². The third-order valence-corrected chi connectivity index (χ3v) is 5.91. The van der Waals surface area contributed by atoms with Gasteiger partial charge < -0.3 is 10.2 Å². The van der Waals surface area contributed by atoms with Crippen molar-refractivity contribution in [2.24, 2.45) is 5.92 Å². The van der Waals surface area contributed by atoms with Crippen LogP contribution in [0.25, 0.3) is 0 Å². The van der Waals surface area contributed by atoms with Gasteiger partial charge in [0.25, 0.3) is 5.91 Å². The van der Waals surface area contributed by atoms with Crippen LogP contribution in [0.4, 0.5) is 4.79 Å². The Morgan fingerprint density at radius 3 is 2.71 bits per heavy atom. The maximum absolute atomic E-state index is 12.6. The number of hydrogen-bond donors (Lipinski definition) is 1. The molecule has 24 heavy (non-hydrogen) atoms. The van der Waals surface area contributed by atoms with Gasteiger partial charge in [-0.2, -0.15) is 0 Å². The Bertz CT molecular complexity index is 688. The maximum Gasteiger partial charge on any atom is 0.325 e. The van der Waals surface area contributed by atoms with Crippen molar-refractivity contribution in [2.75, 3.05) is 13.1 Å². The Labute approximate surface area is 149 Å². The molecule has 6 nitrogen and oxygen atoms in total. The van der Waals surface area contributed by atoms with E-state index in [9.17, 15) is 14.4 Å². The van der Waals surface area contributed by atoms with Crippen LogP contribution in [0.3, 0.4) is 0 Å². The zero-order valence-corrected chi connectivity index (χ0v) is 15.2. The molecule has 1 N–H and O–H groups in total. The minimum absolute atomic E-state index is 0.185. The summed E-state index contributed by atoms with van der Waals surface area (Å²) >= 11 is 7.33. The van der Waals surface area contributed by atoms with Crippen LogP contribution in [0.5, 0.6) is 0 Å². The smallest absolute Gasteiger partial charge is 0.325 e. The second-order valence-electron chi connectivity index (χ2n) is 6.41. The highest BCUT2D eigenvalue weighted by molar-refractivity contribution is 7.16. The highest BCUT2D eigenvalue weighted by Crippen LogP contribution is 2.42. The molecule has 3 rings (SSSR count). The summed E-state index contributed by atoms with van der Waals surface area (Å²) in [4.78, 5) is 40.9. The lowest BCUT2D eigenvalue weighted by Gasteiger charge is -2.24. The Kier molecular flexibility index (Phi) is 4.57. The number of urea groups is 1. The number of carbonyl (C=O) groups excluding carboxylic acids is 3. The summed E-state index contributed by atoms with van der Waals surface area (Å²) in [5, 5.41) is 2.76. The highest BCUT2D eigenvalue weighted by Gasteiger charge is 2.56. The first-order valence-corrected chi connectivity index (χ1v) is 9.20. The standard InChI is InChI=1S/C16H20ClN3O3S/c1-3-19(8-11-6-7-12(17)24-11)13(21)9-20-14(22)16(2,10-4-5-10)18-15(20)23/h6-7,10H,3-5,8-9H2,1-2H3,(H,18,23). The first kappa shape index (κ1) is 17.2. The van der Waals surface area contributed by atoms with Crippen LogP contribution in [0.2, 0.25) is 4.34 Å². The summed E-state index contributed by atoms with van der Waals surface area (Å²) in [5.41, 5.74) is -0.852. The van der Waals surface area contributed by atoms with Crippen molar-refractivity contribution in [3.8, 4) is 0 Å². The predicted molar refractivity (Wildman–Crippen MR) is 91.8 cm³/mol. The summed E-state index contributed by atoms with van der Waals surface area (Å²) in [5.74, 6) is -0.353. The van der Waals surface area contributed by atoms with E-state index in [0.717, 1.165) is 22.6 Å². The number of carbonyl (C=O) groups is 3. The lowest BCUT2D eigenvalue weighted by atomic mass is 9.96. The fourth-order valence-corrected chi connectivity index (χ4v) is 4.14. The number of thiophene rings is 1. The lowest BCUT2D eigenvalue weighted by molar-refractivity contribution is -0.139. The first-order valence-electron chi connectivity index (χ1n) is 8.01. The van der Waals surface area contributed by atoms with Crippen LogP contribution < -0.4 is 5.32 Å². The van der Waals surface area contributed by atoms with Gasteiger partial charge in [0.05, 0.1) is 10.9 Å². The summed E-state index contributed by atoms with van der Waals surface area (Å²) in [6, 6.07) is 3.19. The minimum Gasteiger partial charge on any atom is -0.336 e. The molecule has 1 atom stereocenters. The number of nitrogens with zero attached hydrogens (tertiary/aromatic N) is 2. The molecule has 2 heterocycles. The van der Waals surface area contributed by atoms with Gasteiger partial charge in [-0.25, -0.2) is 4.79 Å². The Morgan fingerprint density at radius 1 is 1.46 bits per heavy atom. The van der Waals surface area contributed by atoms with E-state index in [1.165, 1.54) is 11.3 Å². The molecule has 0 spiro atoms. The average Bonchev–Trinajstić information content (AvgIpc) is 3.28. The SMILES string of the molecule is CCN(Cc1ccc(Cl)s1)C(=O)CN1C(=O)NC(C)(C2CC2)C1=O. The molecular weight excluding hydrogens is 350 g/mol. The van der Waals surface area contributed by atoms with Gasteiger partial charge in [-0.15, -0.1) is 11.3 Å². The van der Waals surface area contributed by atoms with Crippen LogP contribution >= 0.6 is 22.9 Å². The summed E-state index contributed by atoms with van der Waals surface area (Å²) in [7, 11) is 0. The van der Waals surface area contributed by atoms with Crippen molar-refractivity contribution in [3.05, 3.63) is 21.3 Å². The monoisotopic (exact) mass is 369 g/mol. The molecule has 1 saturated carbocycles. The molecule has 2 aliphatic rings. The Balaban J connectivity index is 1.66. The highest BCUT2D eigenvalue weighted by atomic mass is 35.5. The number of likely N-dealkylation sites (N-methyl/N-ethyl adjacent to an activating group) is 1. The number of hydrogen-bond acceptors (Lipinski definition) is 4. The van der Waals surface area contributed by atoms with Gasteiger partial charge in [-0.3, -0.25) is 14.5 Å². The van der Waals surface area contributed by atoms with E-state index in [1.807, 2.05) is 13.0 Å². The summed E-state index contributed by atoms with van der Waals surface area (Å²) < 4.78 is 0.669. The van der Waals surface area contributed by atoms with E-state index < -0.39 is 11.6 Å². The number of imide groups is 1. The third-order valence-electron chi connectivity index (χ3n) is 4.70. The first-order chi connectivity index (χ1) is 11.3. The van der Waals surface area contributed by atoms with Crippen molar-refractivity contribution < 1.29 is 14.4 Å². The van der Waals surface area contributed by atoms with E-state index >= 15 is 0 Å². The molecule has 1 aliphatic heterocycles. The minimum atomic E-state index is -0.852. The second-order valence-corrected chi connectivity index (χ2v) is 8.21. The summed E-state index contributed by atoms with van der Waals surface area (Å²) in [6.45, 7) is 4.32. The van der Waals surface area contributed by atoms with Gasteiger partial charge in [0.2, 0.25) is 5.91 Å². The van der Waals surface area contributed by atoms with E-state index in [-0.39, 0.29) is 24.3 Å². The van der Waals surface area contributed by atoms with Crippen molar-refractivity contribution in [3.63, 3.8) is 0 Å². The molecule has 1 unspecified atom stereocenters. The number of halogens is 1. The van der Waals surface area contributed by atoms with E-state index in [2.05, 4.69) is 5.32 Å². The molecule has 130 valence electrons. The largest absolute Gasteiger partial charge is 0.336 e. The van der Waals surface area contributed by atoms with Crippen LogP contribution in [0.15, 0.2) is 12.1 Å². The van der Waals surface area contributed by atoms with Crippen molar-refractivity contribution in [1.82, 2.24) is 15.1 Å². The second kappa shape index (κ2) is 6.37. The zero-order chi connectivity index (χ0) is 17.5. The number of amides is 4.